The molecular formula is C8H14N2O5S. The van der Waals surface area contributed by atoms with Gasteiger partial charge in [0.05, 0.1) is 6.42 Å². The molecule has 0 radical (unpaired) electrons. The predicted molar refractivity (Wildman–Crippen MR) is 58.6 cm³/mol. The maximum atomic E-state index is 11.1. The summed E-state index contributed by atoms with van der Waals surface area (Å²) in [6, 6.07) is -2.09. The lowest BCUT2D eigenvalue weighted by Gasteiger charge is -2.12. The largest absolute Gasteiger partial charge is 0.481 e. The van der Waals surface area contributed by atoms with Crippen molar-refractivity contribution >= 4 is 29.7 Å². The molecule has 0 spiro atoms. The quantitative estimate of drug-likeness (QED) is 0.456. The molecule has 4 N–H and O–H groups in total. The Morgan fingerprint density at radius 1 is 1.31 bits per heavy atom. The monoisotopic (exact) mass is 250 g/mol. The van der Waals surface area contributed by atoms with Crippen molar-refractivity contribution in [2.24, 2.45) is 0 Å². The summed E-state index contributed by atoms with van der Waals surface area (Å²) in [6.07, 6.45) is 1.22. The third kappa shape index (κ3) is 6.93. The van der Waals surface area contributed by atoms with Crippen molar-refractivity contribution in [3.63, 3.8) is 0 Å². The van der Waals surface area contributed by atoms with Crippen LogP contribution in [0.1, 0.15) is 6.42 Å². The van der Waals surface area contributed by atoms with Gasteiger partial charge in [-0.3, -0.25) is 4.79 Å². The first-order valence-electron chi connectivity index (χ1n) is 4.45. The number of hydrogen-bond donors (Lipinski definition) is 4. The minimum absolute atomic E-state index is 0.395. The Balaban J connectivity index is 4.03. The average molecular weight is 250 g/mol. The molecule has 0 aromatic rings. The third-order valence-corrected chi connectivity index (χ3v) is 2.19. The van der Waals surface area contributed by atoms with Gasteiger partial charge in [0, 0.05) is 12.3 Å². The number of rotatable bonds is 7. The van der Waals surface area contributed by atoms with E-state index in [2.05, 4.69) is 10.6 Å². The van der Waals surface area contributed by atoms with Gasteiger partial charge in [-0.2, -0.15) is 11.8 Å². The van der Waals surface area contributed by atoms with Crippen LogP contribution in [0.25, 0.3) is 0 Å². The van der Waals surface area contributed by atoms with Gasteiger partial charge in [-0.15, -0.1) is 0 Å². The number of aliphatic carboxylic acids is 2. The highest BCUT2D eigenvalue weighted by Gasteiger charge is 2.22. The Labute approximate surface area is 96.6 Å². The van der Waals surface area contributed by atoms with E-state index in [9.17, 15) is 14.4 Å². The Kier molecular flexibility index (Phi) is 7.10. The van der Waals surface area contributed by atoms with Crippen molar-refractivity contribution in [3.05, 3.63) is 0 Å². The molecule has 0 fully saturated rings. The van der Waals surface area contributed by atoms with Crippen LogP contribution in [-0.2, 0) is 9.59 Å². The molecule has 0 aliphatic heterocycles. The molecule has 0 aliphatic carbocycles. The lowest BCUT2D eigenvalue weighted by Crippen LogP contribution is -2.47. The summed E-state index contributed by atoms with van der Waals surface area (Å²) in [5.74, 6) is -1.95. The Hall–Kier alpha value is -1.44. The van der Waals surface area contributed by atoms with E-state index >= 15 is 0 Å². The van der Waals surface area contributed by atoms with E-state index in [4.69, 9.17) is 10.2 Å². The second-order valence-corrected chi connectivity index (χ2v) is 3.87. The van der Waals surface area contributed by atoms with Crippen LogP contribution in [0, 0.1) is 0 Å². The Bertz CT molecular complexity index is 271. The third-order valence-electron chi connectivity index (χ3n) is 1.57. The molecule has 0 rings (SSSR count). The first-order chi connectivity index (χ1) is 7.47. The Morgan fingerprint density at radius 3 is 2.38 bits per heavy atom. The summed E-state index contributed by atoms with van der Waals surface area (Å²) in [5, 5.41) is 21.5. The highest BCUT2D eigenvalue weighted by molar-refractivity contribution is 7.98. The summed E-state index contributed by atoms with van der Waals surface area (Å²) in [4.78, 5) is 32.0. The van der Waals surface area contributed by atoms with Crippen LogP contribution in [0.15, 0.2) is 0 Å². The van der Waals surface area contributed by atoms with Crippen LogP contribution in [0.3, 0.4) is 0 Å². The number of urea groups is 1. The van der Waals surface area contributed by atoms with Crippen molar-refractivity contribution in [3.8, 4) is 0 Å². The standard InChI is InChI=1S/C8H14N2O5S/c1-16-3-2-9-8(15)10-5(7(13)14)4-6(11)12/h5H,2-4H2,1H3,(H,11,12)(H,13,14)(H2,9,10,15)/t5-/m1/s1. The molecule has 0 aromatic heterocycles. The molecule has 0 saturated heterocycles. The van der Waals surface area contributed by atoms with Gasteiger partial charge in [-0.1, -0.05) is 0 Å². The average Bonchev–Trinajstić information content (AvgIpc) is 2.16. The van der Waals surface area contributed by atoms with Gasteiger partial charge in [-0.05, 0) is 6.26 Å². The van der Waals surface area contributed by atoms with Crippen molar-refractivity contribution in [1.82, 2.24) is 10.6 Å². The summed E-state index contributed by atoms with van der Waals surface area (Å²) in [7, 11) is 0. The van der Waals surface area contributed by atoms with E-state index in [1.165, 1.54) is 11.8 Å². The molecule has 1 atom stereocenters. The van der Waals surface area contributed by atoms with Crippen LogP contribution in [0.2, 0.25) is 0 Å². The highest BCUT2D eigenvalue weighted by atomic mass is 32.2. The number of carbonyl (C=O) groups excluding carboxylic acids is 1. The lowest BCUT2D eigenvalue weighted by atomic mass is 10.2. The summed E-state index contributed by atoms with van der Waals surface area (Å²) >= 11 is 1.53. The molecule has 7 nitrogen and oxygen atoms in total. The van der Waals surface area contributed by atoms with E-state index in [-0.39, 0.29) is 0 Å². The molecule has 2 amide bonds. The van der Waals surface area contributed by atoms with Crippen LogP contribution in [-0.4, -0.2) is 52.8 Å². The molecule has 0 aliphatic rings. The molecule has 92 valence electrons. The number of carbonyl (C=O) groups is 3. The van der Waals surface area contributed by atoms with Gasteiger partial charge in [0.25, 0.3) is 0 Å². The minimum atomic E-state index is -1.41. The molecular weight excluding hydrogens is 236 g/mol. The number of carboxylic acid groups (broad SMARTS) is 2. The zero-order chi connectivity index (χ0) is 12.6. The van der Waals surface area contributed by atoms with E-state index in [0.717, 1.165) is 0 Å². The van der Waals surface area contributed by atoms with Gasteiger partial charge in [-0.25, -0.2) is 9.59 Å². The molecule has 0 bridgehead atoms. The van der Waals surface area contributed by atoms with E-state index in [0.29, 0.717) is 12.3 Å². The molecule has 0 unspecified atom stereocenters. The molecule has 16 heavy (non-hydrogen) atoms. The van der Waals surface area contributed by atoms with Gasteiger partial charge < -0.3 is 20.8 Å². The maximum Gasteiger partial charge on any atom is 0.326 e. The topological polar surface area (TPSA) is 116 Å². The fourth-order valence-corrected chi connectivity index (χ4v) is 1.16. The first kappa shape index (κ1) is 14.6. The van der Waals surface area contributed by atoms with Crippen LogP contribution >= 0.6 is 11.8 Å². The summed E-state index contributed by atoms with van der Waals surface area (Å²) < 4.78 is 0. The van der Waals surface area contributed by atoms with Crippen molar-refractivity contribution in [1.29, 1.82) is 0 Å². The van der Waals surface area contributed by atoms with Crippen molar-refractivity contribution in [2.75, 3.05) is 18.6 Å². The van der Waals surface area contributed by atoms with Gasteiger partial charge in [0.2, 0.25) is 0 Å². The van der Waals surface area contributed by atoms with E-state index in [1.54, 1.807) is 0 Å². The number of thioether (sulfide) groups is 1. The fraction of sp³-hybridized carbons (Fsp3) is 0.625. The van der Waals surface area contributed by atoms with Gasteiger partial charge in [0.15, 0.2) is 0 Å². The molecule has 0 saturated carbocycles. The fourth-order valence-electron chi connectivity index (χ4n) is 0.851. The van der Waals surface area contributed by atoms with Crippen molar-refractivity contribution in [2.45, 2.75) is 12.5 Å². The Morgan fingerprint density at radius 2 is 1.94 bits per heavy atom. The smallest absolute Gasteiger partial charge is 0.326 e. The zero-order valence-corrected chi connectivity index (χ0v) is 9.54. The zero-order valence-electron chi connectivity index (χ0n) is 8.73. The van der Waals surface area contributed by atoms with Crippen molar-refractivity contribution < 1.29 is 24.6 Å². The molecule has 0 heterocycles. The molecule has 0 aromatic carbocycles. The van der Waals surface area contributed by atoms with Crippen LogP contribution < -0.4 is 10.6 Å². The van der Waals surface area contributed by atoms with E-state index < -0.39 is 30.4 Å². The van der Waals surface area contributed by atoms with E-state index in [1.807, 2.05) is 6.26 Å². The molecule has 8 heteroatoms. The summed E-state index contributed by atoms with van der Waals surface area (Å²) in [5.41, 5.74) is 0. The second kappa shape index (κ2) is 7.80. The first-order valence-corrected chi connectivity index (χ1v) is 5.84. The summed E-state index contributed by atoms with van der Waals surface area (Å²) in [6.45, 7) is 0.395. The minimum Gasteiger partial charge on any atom is -0.481 e. The predicted octanol–water partition coefficient (Wildman–Crippen LogP) is -0.423. The number of nitrogens with one attached hydrogen (secondary N) is 2. The normalized spacial score (nSPS) is 11.6. The number of carboxylic acids is 2. The lowest BCUT2D eigenvalue weighted by molar-refractivity contribution is -0.145. The van der Waals surface area contributed by atoms with Crippen LogP contribution in [0.4, 0.5) is 4.79 Å². The number of amides is 2. The van der Waals surface area contributed by atoms with Gasteiger partial charge in [0.1, 0.15) is 6.04 Å². The maximum absolute atomic E-state index is 11.1. The number of hydrogen-bond acceptors (Lipinski definition) is 4. The second-order valence-electron chi connectivity index (χ2n) is 2.88. The highest BCUT2D eigenvalue weighted by Crippen LogP contribution is 1.93. The van der Waals surface area contributed by atoms with Crippen LogP contribution in [0.5, 0.6) is 0 Å². The SMILES string of the molecule is CSCCNC(=O)N[C@H](CC(=O)O)C(=O)O. The van der Waals surface area contributed by atoms with Gasteiger partial charge >= 0.3 is 18.0 Å².